The van der Waals surface area contributed by atoms with Gasteiger partial charge in [0.2, 0.25) is 0 Å². The largest absolute Gasteiger partial charge is 0.508 e. The molecule has 0 spiro atoms. The molecule has 3 aromatic rings. The van der Waals surface area contributed by atoms with Crippen LogP contribution in [0.5, 0.6) is 5.75 Å². The fraction of sp³-hybridized carbons (Fsp3) is 0.238. The van der Waals surface area contributed by atoms with Crippen molar-refractivity contribution in [3.63, 3.8) is 0 Å². The van der Waals surface area contributed by atoms with Crippen molar-refractivity contribution in [3.8, 4) is 5.75 Å². The molecular formula is C21H18BrCl2NO. The molecule has 1 aliphatic rings. The zero-order valence-electron chi connectivity index (χ0n) is 14.1. The molecule has 5 heteroatoms. The highest BCUT2D eigenvalue weighted by atomic mass is 79.9. The van der Waals surface area contributed by atoms with Gasteiger partial charge in [-0.1, -0.05) is 57.3 Å². The molecule has 3 aromatic carbocycles. The molecular weight excluding hydrogens is 433 g/mol. The summed E-state index contributed by atoms with van der Waals surface area (Å²) in [7, 11) is 0. The molecule has 0 radical (unpaired) electrons. The fourth-order valence-corrected chi connectivity index (χ4v) is 4.79. The van der Waals surface area contributed by atoms with Crippen molar-refractivity contribution in [2.24, 2.45) is 0 Å². The number of likely N-dealkylation sites (tertiary alicyclic amines) is 1. The predicted octanol–water partition coefficient (Wildman–Crippen LogP) is 6.95. The van der Waals surface area contributed by atoms with Gasteiger partial charge in [-0.2, -0.15) is 0 Å². The van der Waals surface area contributed by atoms with Crippen LogP contribution in [-0.2, 0) is 6.54 Å². The van der Waals surface area contributed by atoms with Gasteiger partial charge in [0.05, 0.1) is 0 Å². The van der Waals surface area contributed by atoms with Crippen molar-refractivity contribution in [1.29, 1.82) is 0 Å². The summed E-state index contributed by atoms with van der Waals surface area (Å²) in [5.74, 6) is 0.349. The van der Waals surface area contributed by atoms with Gasteiger partial charge in [-0.05, 0) is 60.5 Å². The Morgan fingerprint density at radius 1 is 1.08 bits per heavy atom. The molecule has 26 heavy (non-hydrogen) atoms. The standard InChI is InChI=1S/C21H18BrCl2NO/c22-14-7-8-15-13(11-14)6-9-20(26)21(15)19-5-2-10-25(19)12-16-17(23)3-1-4-18(16)24/h1,3-4,6-9,11,19,26H,2,5,10,12H2. The maximum Gasteiger partial charge on any atom is 0.121 e. The maximum atomic E-state index is 10.6. The Morgan fingerprint density at radius 3 is 2.62 bits per heavy atom. The molecule has 1 heterocycles. The van der Waals surface area contributed by atoms with Crippen LogP contribution in [0, 0.1) is 0 Å². The average Bonchev–Trinajstić information content (AvgIpc) is 3.06. The normalized spacial score (nSPS) is 17.9. The molecule has 1 fully saturated rings. The first-order valence-electron chi connectivity index (χ1n) is 8.62. The van der Waals surface area contributed by atoms with Gasteiger partial charge in [0.25, 0.3) is 0 Å². The Balaban J connectivity index is 1.75. The lowest BCUT2D eigenvalue weighted by atomic mass is 9.96. The number of phenols is 1. The third-order valence-corrected chi connectivity index (χ3v) is 6.32. The second-order valence-corrected chi connectivity index (χ2v) is 8.42. The van der Waals surface area contributed by atoms with E-state index in [1.54, 1.807) is 6.07 Å². The van der Waals surface area contributed by atoms with Crippen molar-refractivity contribution < 1.29 is 5.11 Å². The van der Waals surface area contributed by atoms with Gasteiger partial charge in [-0.3, -0.25) is 4.90 Å². The number of halogens is 3. The van der Waals surface area contributed by atoms with Crippen molar-refractivity contribution in [3.05, 3.63) is 74.2 Å². The van der Waals surface area contributed by atoms with Crippen LogP contribution in [0.1, 0.15) is 30.0 Å². The molecule has 134 valence electrons. The highest BCUT2D eigenvalue weighted by Crippen LogP contribution is 2.42. The second-order valence-electron chi connectivity index (χ2n) is 6.69. The smallest absolute Gasteiger partial charge is 0.121 e. The van der Waals surface area contributed by atoms with E-state index in [1.165, 1.54) is 0 Å². The molecule has 0 bridgehead atoms. The van der Waals surface area contributed by atoms with E-state index in [4.69, 9.17) is 23.2 Å². The van der Waals surface area contributed by atoms with Crippen molar-refractivity contribution in [1.82, 2.24) is 4.90 Å². The topological polar surface area (TPSA) is 23.5 Å². The number of rotatable bonds is 3. The van der Waals surface area contributed by atoms with Crippen LogP contribution >= 0.6 is 39.1 Å². The summed E-state index contributed by atoms with van der Waals surface area (Å²) in [6, 6.07) is 15.7. The molecule has 4 rings (SSSR count). The monoisotopic (exact) mass is 449 g/mol. The molecule has 1 unspecified atom stereocenters. The van der Waals surface area contributed by atoms with Crippen LogP contribution in [0.25, 0.3) is 10.8 Å². The quantitative estimate of drug-likeness (QED) is 0.466. The van der Waals surface area contributed by atoms with Crippen LogP contribution < -0.4 is 0 Å². The third kappa shape index (κ3) is 3.34. The summed E-state index contributed by atoms with van der Waals surface area (Å²) < 4.78 is 1.03. The van der Waals surface area contributed by atoms with Crippen LogP contribution in [0.4, 0.5) is 0 Å². The molecule has 0 saturated carbocycles. The zero-order valence-corrected chi connectivity index (χ0v) is 17.2. The van der Waals surface area contributed by atoms with Crippen LogP contribution in [0.15, 0.2) is 53.0 Å². The Bertz CT molecular complexity index is 955. The molecule has 0 amide bonds. The summed E-state index contributed by atoms with van der Waals surface area (Å²) in [6.45, 7) is 1.63. The van der Waals surface area contributed by atoms with E-state index in [2.05, 4.69) is 33.0 Å². The number of fused-ring (bicyclic) bond motifs is 1. The lowest BCUT2D eigenvalue weighted by Gasteiger charge is -2.27. The molecule has 0 aliphatic carbocycles. The van der Waals surface area contributed by atoms with Crippen molar-refractivity contribution >= 4 is 49.9 Å². The van der Waals surface area contributed by atoms with E-state index in [0.29, 0.717) is 22.3 Å². The number of benzene rings is 3. The minimum absolute atomic E-state index is 0.146. The first-order valence-corrected chi connectivity index (χ1v) is 10.2. The highest BCUT2D eigenvalue weighted by Gasteiger charge is 2.30. The highest BCUT2D eigenvalue weighted by molar-refractivity contribution is 9.10. The molecule has 1 atom stereocenters. The molecule has 0 aromatic heterocycles. The summed E-state index contributed by atoms with van der Waals surface area (Å²) in [5, 5.41) is 14.2. The van der Waals surface area contributed by atoms with Gasteiger partial charge in [0.15, 0.2) is 0 Å². The van der Waals surface area contributed by atoms with Gasteiger partial charge >= 0.3 is 0 Å². The molecule has 1 aliphatic heterocycles. The number of phenolic OH excluding ortho intramolecular Hbond substituents is 1. The van der Waals surface area contributed by atoms with E-state index in [-0.39, 0.29) is 6.04 Å². The van der Waals surface area contributed by atoms with Crippen molar-refractivity contribution in [2.75, 3.05) is 6.54 Å². The zero-order chi connectivity index (χ0) is 18.3. The second kappa shape index (κ2) is 7.40. The summed E-state index contributed by atoms with van der Waals surface area (Å²) in [4.78, 5) is 2.36. The first kappa shape index (κ1) is 18.1. The van der Waals surface area contributed by atoms with Gasteiger partial charge in [0.1, 0.15) is 5.75 Å². The van der Waals surface area contributed by atoms with E-state index in [0.717, 1.165) is 45.8 Å². The SMILES string of the molecule is Oc1ccc2cc(Br)ccc2c1C1CCCN1Cc1c(Cl)cccc1Cl. The Labute approximate surface area is 171 Å². The third-order valence-electron chi connectivity index (χ3n) is 5.12. The summed E-state index contributed by atoms with van der Waals surface area (Å²) in [5.41, 5.74) is 1.95. The van der Waals surface area contributed by atoms with Gasteiger partial charge in [-0.25, -0.2) is 0 Å². The number of hydrogen-bond donors (Lipinski definition) is 1. The Hall–Kier alpha value is -1.26. The predicted molar refractivity (Wildman–Crippen MR) is 112 cm³/mol. The average molecular weight is 451 g/mol. The van der Waals surface area contributed by atoms with Gasteiger partial charge in [0, 0.05) is 38.2 Å². The van der Waals surface area contributed by atoms with Gasteiger partial charge in [-0.15, -0.1) is 0 Å². The summed E-state index contributed by atoms with van der Waals surface area (Å²) >= 11 is 16.3. The maximum absolute atomic E-state index is 10.6. The lowest BCUT2D eigenvalue weighted by molar-refractivity contribution is 0.245. The lowest BCUT2D eigenvalue weighted by Crippen LogP contribution is -2.23. The molecule has 1 N–H and O–H groups in total. The van der Waals surface area contributed by atoms with E-state index < -0.39 is 0 Å². The summed E-state index contributed by atoms with van der Waals surface area (Å²) in [6.07, 6.45) is 2.09. The molecule has 1 saturated heterocycles. The molecule has 2 nitrogen and oxygen atoms in total. The van der Waals surface area contributed by atoms with E-state index in [1.807, 2.05) is 30.3 Å². The Kier molecular flexibility index (Phi) is 5.15. The van der Waals surface area contributed by atoms with Crippen LogP contribution in [-0.4, -0.2) is 16.6 Å². The number of nitrogens with zero attached hydrogens (tertiary/aromatic N) is 1. The number of hydrogen-bond acceptors (Lipinski definition) is 2. The van der Waals surface area contributed by atoms with Gasteiger partial charge < -0.3 is 5.11 Å². The number of aromatic hydroxyl groups is 1. The Morgan fingerprint density at radius 2 is 1.85 bits per heavy atom. The van der Waals surface area contributed by atoms with Crippen molar-refractivity contribution in [2.45, 2.75) is 25.4 Å². The fourth-order valence-electron chi connectivity index (χ4n) is 3.89. The minimum Gasteiger partial charge on any atom is -0.508 e. The van der Waals surface area contributed by atoms with Crippen LogP contribution in [0.3, 0.4) is 0 Å². The first-order chi connectivity index (χ1) is 12.5. The van der Waals surface area contributed by atoms with Crippen LogP contribution in [0.2, 0.25) is 10.0 Å². The van der Waals surface area contributed by atoms with E-state index >= 15 is 0 Å². The minimum atomic E-state index is 0.146. The van der Waals surface area contributed by atoms with E-state index in [9.17, 15) is 5.11 Å².